The summed E-state index contributed by atoms with van der Waals surface area (Å²) in [6.07, 6.45) is 4.31. The summed E-state index contributed by atoms with van der Waals surface area (Å²) in [7, 11) is 0. The third-order valence-corrected chi connectivity index (χ3v) is 2.68. The van der Waals surface area contributed by atoms with E-state index < -0.39 is 5.60 Å². The Hall–Kier alpha value is -1.00. The van der Waals surface area contributed by atoms with Crippen molar-refractivity contribution in [2.24, 2.45) is 0 Å². The molecular weight excluding hydrogens is 178 g/mol. The van der Waals surface area contributed by atoms with Crippen molar-refractivity contribution >= 4 is 0 Å². The number of aromatic nitrogens is 2. The number of nitrogens with zero attached hydrogens (tertiary/aromatic N) is 3. The Kier molecular flexibility index (Phi) is 2.48. The second kappa shape index (κ2) is 3.63. The van der Waals surface area contributed by atoms with Crippen LogP contribution in [0.4, 0.5) is 0 Å². The number of hydrogen-bond acceptors (Lipinski definition) is 4. The maximum absolute atomic E-state index is 9.78. The van der Waals surface area contributed by atoms with E-state index in [0.717, 1.165) is 31.9 Å². The van der Waals surface area contributed by atoms with E-state index in [4.69, 9.17) is 0 Å². The molecule has 0 aromatic carbocycles. The van der Waals surface area contributed by atoms with Crippen LogP contribution in [0.15, 0.2) is 18.5 Å². The van der Waals surface area contributed by atoms with Gasteiger partial charge >= 0.3 is 0 Å². The lowest BCUT2D eigenvalue weighted by molar-refractivity contribution is -0.104. The van der Waals surface area contributed by atoms with Crippen LogP contribution in [0.3, 0.4) is 0 Å². The van der Waals surface area contributed by atoms with Crippen LogP contribution in [0.2, 0.25) is 0 Å². The van der Waals surface area contributed by atoms with Crippen LogP contribution < -0.4 is 0 Å². The van der Waals surface area contributed by atoms with E-state index in [1.165, 1.54) is 0 Å². The molecule has 0 spiro atoms. The molecule has 1 aromatic rings. The fraction of sp³-hybridized carbons (Fsp3) is 0.600. The molecule has 14 heavy (non-hydrogen) atoms. The van der Waals surface area contributed by atoms with Crippen LogP contribution >= 0.6 is 0 Å². The molecule has 4 nitrogen and oxygen atoms in total. The van der Waals surface area contributed by atoms with E-state index in [1.807, 2.05) is 13.0 Å². The first-order valence-corrected chi connectivity index (χ1v) is 4.92. The Morgan fingerprint density at radius 3 is 2.64 bits per heavy atom. The molecule has 76 valence electrons. The number of β-amino-alcohol motifs (C(OH)–C–C–N with tert-alkyl or cyclic N) is 1. The van der Waals surface area contributed by atoms with Gasteiger partial charge in [-0.2, -0.15) is 0 Å². The van der Waals surface area contributed by atoms with Crippen LogP contribution in [0.5, 0.6) is 0 Å². The molecule has 0 bridgehead atoms. The summed E-state index contributed by atoms with van der Waals surface area (Å²) in [5.41, 5.74) is -0.464. The van der Waals surface area contributed by atoms with Gasteiger partial charge in [-0.15, -0.1) is 0 Å². The first-order valence-electron chi connectivity index (χ1n) is 4.92. The van der Waals surface area contributed by atoms with Gasteiger partial charge in [0, 0.05) is 25.5 Å². The Morgan fingerprint density at radius 2 is 2.07 bits per heavy atom. The summed E-state index contributed by atoms with van der Waals surface area (Å²) in [6, 6.07) is 1.81. The van der Waals surface area contributed by atoms with Gasteiger partial charge in [0.05, 0.1) is 12.1 Å². The molecule has 1 aliphatic heterocycles. The lowest BCUT2D eigenvalue weighted by Crippen LogP contribution is -2.60. The van der Waals surface area contributed by atoms with E-state index in [-0.39, 0.29) is 0 Å². The van der Waals surface area contributed by atoms with Crippen LogP contribution in [0.1, 0.15) is 19.2 Å². The van der Waals surface area contributed by atoms with E-state index in [9.17, 15) is 5.11 Å². The Morgan fingerprint density at radius 1 is 1.43 bits per heavy atom. The first-order chi connectivity index (χ1) is 6.72. The number of aliphatic hydroxyl groups is 1. The van der Waals surface area contributed by atoms with Gasteiger partial charge in [-0.05, 0) is 12.5 Å². The number of hydrogen-bond donors (Lipinski definition) is 1. The van der Waals surface area contributed by atoms with Gasteiger partial charge in [0.15, 0.2) is 0 Å². The molecular formula is C10H15N3O. The van der Waals surface area contributed by atoms with Gasteiger partial charge in [0.2, 0.25) is 0 Å². The fourth-order valence-corrected chi connectivity index (χ4v) is 1.73. The average molecular weight is 193 g/mol. The van der Waals surface area contributed by atoms with Crippen molar-refractivity contribution in [1.29, 1.82) is 0 Å². The normalized spacial score (nSPS) is 20.4. The molecule has 1 saturated heterocycles. The summed E-state index contributed by atoms with van der Waals surface area (Å²) in [4.78, 5) is 10.4. The minimum atomic E-state index is -0.464. The van der Waals surface area contributed by atoms with Gasteiger partial charge in [-0.25, -0.2) is 9.97 Å². The van der Waals surface area contributed by atoms with Crippen molar-refractivity contribution in [2.45, 2.75) is 25.5 Å². The van der Waals surface area contributed by atoms with E-state index >= 15 is 0 Å². The lowest BCUT2D eigenvalue weighted by atomic mass is 9.91. The summed E-state index contributed by atoms with van der Waals surface area (Å²) in [6.45, 7) is 4.23. The topological polar surface area (TPSA) is 49.2 Å². The van der Waals surface area contributed by atoms with Crippen LogP contribution in [0.25, 0.3) is 0 Å². The molecule has 2 rings (SSSR count). The van der Waals surface area contributed by atoms with Crippen LogP contribution in [0, 0.1) is 0 Å². The second-order valence-electron chi connectivity index (χ2n) is 3.89. The molecule has 1 fully saturated rings. The fourth-order valence-electron chi connectivity index (χ4n) is 1.73. The van der Waals surface area contributed by atoms with E-state index in [2.05, 4.69) is 14.9 Å². The molecule has 0 unspecified atom stereocenters. The maximum Gasteiger partial charge on any atom is 0.142 e. The quantitative estimate of drug-likeness (QED) is 0.756. The first kappa shape index (κ1) is 9.55. The lowest BCUT2D eigenvalue weighted by Gasteiger charge is -2.45. The van der Waals surface area contributed by atoms with E-state index in [0.29, 0.717) is 0 Å². The van der Waals surface area contributed by atoms with Gasteiger partial charge in [-0.1, -0.05) is 6.92 Å². The van der Waals surface area contributed by atoms with Crippen molar-refractivity contribution in [3.63, 3.8) is 0 Å². The third kappa shape index (κ3) is 1.91. The Labute approximate surface area is 83.6 Å². The summed E-state index contributed by atoms with van der Waals surface area (Å²) in [5, 5.41) is 9.78. The van der Waals surface area contributed by atoms with E-state index in [1.54, 1.807) is 12.4 Å². The van der Waals surface area contributed by atoms with Crippen LogP contribution in [-0.2, 0) is 6.54 Å². The summed E-state index contributed by atoms with van der Waals surface area (Å²) < 4.78 is 0. The Balaban J connectivity index is 1.85. The summed E-state index contributed by atoms with van der Waals surface area (Å²) in [5.74, 6) is 0.825. The maximum atomic E-state index is 9.78. The molecule has 1 aromatic heterocycles. The van der Waals surface area contributed by atoms with Gasteiger partial charge in [-0.3, -0.25) is 4.90 Å². The minimum Gasteiger partial charge on any atom is -0.387 e. The average Bonchev–Trinajstić information content (AvgIpc) is 2.17. The molecule has 0 aliphatic carbocycles. The highest BCUT2D eigenvalue weighted by Crippen LogP contribution is 2.24. The Bertz CT molecular complexity index is 295. The third-order valence-electron chi connectivity index (χ3n) is 2.68. The van der Waals surface area contributed by atoms with Crippen molar-refractivity contribution in [2.75, 3.05) is 13.1 Å². The predicted octanol–water partition coefficient (Wildman–Crippen LogP) is 0.433. The summed E-state index contributed by atoms with van der Waals surface area (Å²) >= 11 is 0. The highest BCUT2D eigenvalue weighted by molar-refractivity contribution is 4.97. The largest absolute Gasteiger partial charge is 0.387 e. The predicted molar refractivity (Wildman–Crippen MR) is 52.5 cm³/mol. The van der Waals surface area contributed by atoms with Crippen molar-refractivity contribution in [1.82, 2.24) is 14.9 Å². The van der Waals surface area contributed by atoms with Gasteiger partial charge in [0.1, 0.15) is 5.82 Å². The molecule has 0 radical (unpaired) electrons. The molecule has 0 amide bonds. The molecule has 2 heterocycles. The highest BCUT2D eigenvalue weighted by Gasteiger charge is 2.39. The molecule has 0 saturated carbocycles. The van der Waals surface area contributed by atoms with Crippen molar-refractivity contribution in [3.05, 3.63) is 24.3 Å². The highest BCUT2D eigenvalue weighted by atomic mass is 16.3. The van der Waals surface area contributed by atoms with Crippen molar-refractivity contribution < 1.29 is 5.11 Å². The molecule has 0 atom stereocenters. The van der Waals surface area contributed by atoms with Crippen LogP contribution in [-0.4, -0.2) is 38.7 Å². The monoisotopic (exact) mass is 193 g/mol. The zero-order valence-corrected chi connectivity index (χ0v) is 8.35. The molecule has 1 N–H and O–H groups in total. The zero-order chi connectivity index (χ0) is 10.0. The number of rotatable bonds is 3. The van der Waals surface area contributed by atoms with Crippen molar-refractivity contribution in [3.8, 4) is 0 Å². The van der Waals surface area contributed by atoms with Gasteiger partial charge < -0.3 is 5.11 Å². The standard InChI is InChI=1S/C10H15N3O/c1-2-10(14)7-13(8-10)6-9-11-4-3-5-12-9/h3-5,14H,2,6-8H2,1H3. The minimum absolute atomic E-state index is 0.464. The molecule has 4 heteroatoms. The second-order valence-corrected chi connectivity index (χ2v) is 3.89. The number of likely N-dealkylation sites (tertiary alicyclic amines) is 1. The SMILES string of the molecule is CCC1(O)CN(Cc2ncccn2)C1. The molecule has 1 aliphatic rings. The smallest absolute Gasteiger partial charge is 0.142 e. The zero-order valence-electron chi connectivity index (χ0n) is 8.35. The van der Waals surface area contributed by atoms with Gasteiger partial charge in [0.25, 0.3) is 0 Å².